The fourth-order valence-corrected chi connectivity index (χ4v) is 2.78. The molecule has 0 saturated heterocycles. The second-order valence-electron chi connectivity index (χ2n) is 5.91. The lowest BCUT2D eigenvalue weighted by molar-refractivity contribution is -0.192. The van der Waals surface area contributed by atoms with Gasteiger partial charge in [0.2, 0.25) is 0 Å². The van der Waals surface area contributed by atoms with Crippen LogP contribution in [0.15, 0.2) is 28.9 Å². The van der Waals surface area contributed by atoms with E-state index in [-0.39, 0.29) is 0 Å². The molecule has 0 radical (unpaired) electrons. The minimum atomic E-state index is -5.08. The SMILES string of the molecule is CCn1nc(Br)c(CNCc2ccc3[nH]c(C)cc3c2)n1.O=C(O)C(F)(F)F. The number of fused-ring (bicyclic) bond motifs is 1. The molecule has 3 aromatic rings. The maximum atomic E-state index is 10.6. The summed E-state index contributed by atoms with van der Waals surface area (Å²) in [5.41, 5.74) is 4.58. The zero-order chi connectivity index (χ0) is 20.9. The van der Waals surface area contributed by atoms with Crippen LogP contribution in [0.25, 0.3) is 10.9 Å². The predicted octanol–water partition coefficient (Wildman–Crippen LogP) is 3.77. The van der Waals surface area contributed by atoms with E-state index in [1.54, 1.807) is 4.80 Å². The van der Waals surface area contributed by atoms with Crippen LogP contribution in [0.2, 0.25) is 0 Å². The van der Waals surface area contributed by atoms with Crippen LogP contribution in [0.1, 0.15) is 23.9 Å². The molecule has 2 heterocycles. The molecule has 7 nitrogen and oxygen atoms in total. The van der Waals surface area contributed by atoms with Crippen LogP contribution in [-0.2, 0) is 24.4 Å². The number of carboxylic acids is 1. The van der Waals surface area contributed by atoms with Crippen molar-refractivity contribution < 1.29 is 23.1 Å². The topological polar surface area (TPSA) is 95.8 Å². The maximum Gasteiger partial charge on any atom is 0.490 e. The smallest absolute Gasteiger partial charge is 0.475 e. The quantitative estimate of drug-likeness (QED) is 0.537. The number of alkyl halides is 3. The van der Waals surface area contributed by atoms with Crippen LogP contribution < -0.4 is 5.32 Å². The Balaban J connectivity index is 0.000000345. The van der Waals surface area contributed by atoms with Crippen molar-refractivity contribution >= 4 is 32.8 Å². The van der Waals surface area contributed by atoms with E-state index in [1.807, 2.05) is 6.92 Å². The standard InChI is InChI=1S/C15H18BrN5.C2HF3O2/c1-3-21-19-14(15(16)20-21)9-17-8-11-4-5-13-12(7-11)6-10(2)18-13;3-2(4,5)1(6)7/h4-7,17-18H,3,8-9H2,1-2H3;(H,6,7). The zero-order valence-electron chi connectivity index (χ0n) is 15.1. The van der Waals surface area contributed by atoms with Gasteiger partial charge in [-0.1, -0.05) is 6.07 Å². The van der Waals surface area contributed by atoms with Gasteiger partial charge < -0.3 is 15.4 Å². The van der Waals surface area contributed by atoms with Gasteiger partial charge in [0.15, 0.2) is 4.60 Å². The molecule has 152 valence electrons. The van der Waals surface area contributed by atoms with Gasteiger partial charge in [0.05, 0.1) is 6.54 Å². The number of H-pyrrole nitrogens is 1. The number of carboxylic acid groups (broad SMARTS) is 1. The van der Waals surface area contributed by atoms with Gasteiger partial charge in [0.25, 0.3) is 0 Å². The Kier molecular flexibility index (Phi) is 7.19. The van der Waals surface area contributed by atoms with Gasteiger partial charge >= 0.3 is 12.1 Å². The molecule has 0 aliphatic rings. The number of rotatable bonds is 5. The number of carbonyl (C=O) groups is 1. The van der Waals surface area contributed by atoms with Crippen molar-refractivity contribution in [2.24, 2.45) is 0 Å². The zero-order valence-corrected chi connectivity index (χ0v) is 16.7. The number of nitrogens with zero attached hydrogens (tertiary/aromatic N) is 3. The number of aliphatic carboxylic acids is 1. The molecule has 0 saturated carbocycles. The van der Waals surface area contributed by atoms with Gasteiger partial charge in [-0.3, -0.25) is 0 Å². The molecule has 1 aromatic carbocycles. The molecule has 0 spiro atoms. The normalized spacial score (nSPS) is 11.4. The molecule has 0 fully saturated rings. The average Bonchev–Trinajstić information content (AvgIpc) is 3.15. The van der Waals surface area contributed by atoms with Crippen LogP contribution >= 0.6 is 15.9 Å². The van der Waals surface area contributed by atoms with Crippen molar-refractivity contribution in [1.82, 2.24) is 25.3 Å². The van der Waals surface area contributed by atoms with E-state index in [4.69, 9.17) is 9.90 Å². The maximum absolute atomic E-state index is 10.6. The summed E-state index contributed by atoms with van der Waals surface area (Å²) >= 11 is 3.44. The first-order valence-electron chi connectivity index (χ1n) is 8.28. The second-order valence-corrected chi connectivity index (χ2v) is 6.66. The van der Waals surface area contributed by atoms with E-state index in [0.717, 1.165) is 23.4 Å². The van der Waals surface area contributed by atoms with E-state index in [0.29, 0.717) is 6.54 Å². The van der Waals surface area contributed by atoms with Crippen molar-refractivity contribution in [3.8, 4) is 0 Å². The molecule has 3 N–H and O–H groups in total. The average molecular weight is 462 g/mol. The van der Waals surface area contributed by atoms with E-state index in [9.17, 15) is 13.2 Å². The lowest BCUT2D eigenvalue weighted by atomic mass is 10.1. The minimum absolute atomic E-state index is 0.699. The Morgan fingerprint density at radius 3 is 2.54 bits per heavy atom. The van der Waals surface area contributed by atoms with Crippen molar-refractivity contribution in [1.29, 1.82) is 0 Å². The highest BCUT2D eigenvalue weighted by Gasteiger charge is 2.38. The number of hydrogen-bond acceptors (Lipinski definition) is 4. The van der Waals surface area contributed by atoms with Crippen LogP contribution in [0, 0.1) is 6.92 Å². The number of aromatic nitrogens is 4. The fourth-order valence-electron chi connectivity index (χ4n) is 2.37. The molecule has 28 heavy (non-hydrogen) atoms. The van der Waals surface area contributed by atoms with Crippen molar-refractivity contribution in [3.05, 3.63) is 45.8 Å². The number of nitrogens with one attached hydrogen (secondary N) is 2. The van der Waals surface area contributed by atoms with Gasteiger partial charge in [-0.05, 0) is 58.9 Å². The van der Waals surface area contributed by atoms with Gasteiger partial charge in [-0.15, -0.1) is 5.10 Å². The second kappa shape index (κ2) is 9.20. The molecule has 0 aliphatic carbocycles. The third-order valence-corrected chi connectivity index (χ3v) is 4.26. The van der Waals surface area contributed by atoms with Crippen molar-refractivity contribution in [3.63, 3.8) is 0 Å². The highest BCUT2D eigenvalue weighted by Crippen LogP contribution is 2.17. The molecule has 0 bridgehead atoms. The summed E-state index contributed by atoms with van der Waals surface area (Å²) in [4.78, 5) is 13.9. The van der Waals surface area contributed by atoms with Crippen LogP contribution in [0.5, 0.6) is 0 Å². The summed E-state index contributed by atoms with van der Waals surface area (Å²) in [7, 11) is 0. The van der Waals surface area contributed by atoms with Gasteiger partial charge in [0, 0.05) is 24.3 Å². The minimum Gasteiger partial charge on any atom is -0.475 e. The molecule has 0 unspecified atom stereocenters. The number of aryl methyl sites for hydroxylation is 2. The van der Waals surface area contributed by atoms with E-state index in [1.165, 1.54) is 22.2 Å². The molecule has 0 aliphatic heterocycles. The molecule has 2 aromatic heterocycles. The largest absolute Gasteiger partial charge is 0.490 e. The summed E-state index contributed by atoms with van der Waals surface area (Å²) in [5, 5.41) is 20.5. The Bertz CT molecular complexity index is 952. The third kappa shape index (κ3) is 6.06. The number of halogens is 4. The Hall–Kier alpha value is -2.40. The first kappa shape index (κ1) is 21.9. The number of hydrogen-bond donors (Lipinski definition) is 3. The number of aromatic amines is 1. The fraction of sp³-hybridized carbons (Fsp3) is 0.353. The summed E-state index contributed by atoms with van der Waals surface area (Å²) < 4.78 is 32.5. The first-order chi connectivity index (χ1) is 13.1. The number of benzene rings is 1. The lowest BCUT2D eigenvalue weighted by Crippen LogP contribution is -2.21. The molecule has 3 rings (SSSR count). The van der Waals surface area contributed by atoms with E-state index >= 15 is 0 Å². The molecular formula is C17H19BrF3N5O2. The van der Waals surface area contributed by atoms with Gasteiger partial charge in [0.1, 0.15) is 5.69 Å². The predicted molar refractivity (Wildman–Crippen MR) is 101 cm³/mol. The highest BCUT2D eigenvalue weighted by molar-refractivity contribution is 9.10. The summed E-state index contributed by atoms with van der Waals surface area (Å²) in [6, 6.07) is 8.65. The summed E-state index contributed by atoms with van der Waals surface area (Å²) in [5.74, 6) is -2.76. The van der Waals surface area contributed by atoms with E-state index < -0.39 is 12.1 Å². The Morgan fingerprint density at radius 2 is 1.96 bits per heavy atom. The van der Waals surface area contributed by atoms with Gasteiger partial charge in [-0.2, -0.15) is 23.1 Å². The highest BCUT2D eigenvalue weighted by atomic mass is 79.9. The summed E-state index contributed by atoms with van der Waals surface area (Å²) in [6.07, 6.45) is -5.08. The first-order valence-corrected chi connectivity index (χ1v) is 9.08. The van der Waals surface area contributed by atoms with Crippen LogP contribution in [0.4, 0.5) is 13.2 Å². The molecular weight excluding hydrogens is 443 g/mol. The third-order valence-electron chi connectivity index (χ3n) is 3.64. The van der Waals surface area contributed by atoms with Crippen molar-refractivity contribution in [2.45, 2.75) is 39.7 Å². The molecule has 0 atom stereocenters. The van der Waals surface area contributed by atoms with E-state index in [2.05, 4.69) is 67.6 Å². The van der Waals surface area contributed by atoms with Gasteiger partial charge in [-0.25, -0.2) is 4.79 Å². The summed E-state index contributed by atoms with van der Waals surface area (Å²) in [6.45, 7) is 6.39. The Labute approximate surface area is 167 Å². The lowest BCUT2D eigenvalue weighted by Gasteiger charge is -2.03. The molecule has 11 heteroatoms. The van der Waals surface area contributed by atoms with Crippen molar-refractivity contribution in [2.75, 3.05) is 0 Å². The monoisotopic (exact) mass is 461 g/mol. The molecule has 0 amide bonds. The van der Waals surface area contributed by atoms with Crippen LogP contribution in [0.3, 0.4) is 0 Å². The Morgan fingerprint density at radius 1 is 1.29 bits per heavy atom. The van der Waals surface area contributed by atoms with Crippen LogP contribution in [-0.4, -0.2) is 37.2 Å².